The molecule has 3 aromatic carbocycles. The number of hydroxylamine groups is 1. The number of halogens is 1. The quantitative estimate of drug-likeness (QED) is 0.573. The smallest absolute Gasteiger partial charge is 0.282 e. The summed E-state index contributed by atoms with van der Waals surface area (Å²) in [5, 5.41) is 11.8. The Morgan fingerprint density at radius 2 is 1.54 bits per heavy atom. The van der Waals surface area contributed by atoms with Gasteiger partial charge in [-0.1, -0.05) is 18.2 Å². The fraction of sp³-hybridized carbons (Fsp3) is 0. The first kappa shape index (κ1) is 15.6. The summed E-state index contributed by atoms with van der Waals surface area (Å²) < 4.78 is 13.2. The number of carbonyl (C=O) groups excluding carboxylic acids is 2. The lowest BCUT2D eigenvalue weighted by molar-refractivity contribution is 0.0854. The Hall–Kier alpha value is -3.25. The Morgan fingerprint density at radius 3 is 2.17 bits per heavy atom. The minimum Gasteiger partial charge on any atom is -0.366 e. The van der Waals surface area contributed by atoms with E-state index in [4.69, 9.17) is 5.73 Å². The number of carbonyl (C=O) groups is 2. The summed E-state index contributed by atoms with van der Waals surface area (Å²) in [5.74, 6) is -1.79. The largest absolute Gasteiger partial charge is 0.366 e. The molecule has 24 heavy (non-hydrogen) atoms. The van der Waals surface area contributed by atoms with Crippen LogP contribution in [0.15, 0.2) is 60.7 Å². The van der Waals surface area contributed by atoms with E-state index in [1.54, 1.807) is 30.3 Å². The maximum absolute atomic E-state index is 13.2. The van der Waals surface area contributed by atoms with E-state index < -0.39 is 17.6 Å². The summed E-state index contributed by atoms with van der Waals surface area (Å²) >= 11 is 0. The third-order valence-corrected chi connectivity index (χ3v) is 3.62. The second-order valence-electron chi connectivity index (χ2n) is 5.24. The molecule has 0 saturated carbocycles. The lowest BCUT2D eigenvalue weighted by atomic mass is 10.0. The Kier molecular flexibility index (Phi) is 3.97. The summed E-state index contributed by atoms with van der Waals surface area (Å²) in [5.41, 5.74) is 5.86. The SMILES string of the molecule is NC(=O)c1ccc2cc(C(=O)N(O)c3cccc(F)c3)ccc2c1. The van der Waals surface area contributed by atoms with Gasteiger partial charge in [0.15, 0.2) is 0 Å². The molecule has 3 N–H and O–H groups in total. The summed E-state index contributed by atoms with van der Waals surface area (Å²) in [4.78, 5) is 23.5. The van der Waals surface area contributed by atoms with Crippen molar-refractivity contribution in [3.8, 4) is 0 Å². The number of rotatable bonds is 3. The van der Waals surface area contributed by atoms with Crippen LogP contribution in [-0.4, -0.2) is 17.0 Å². The number of anilines is 1. The zero-order valence-corrected chi connectivity index (χ0v) is 12.4. The van der Waals surface area contributed by atoms with E-state index in [2.05, 4.69) is 0 Å². The molecule has 0 aliphatic rings. The van der Waals surface area contributed by atoms with Crippen LogP contribution in [0.4, 0.5) is 10.1 Å². The maximum Gasteiger partial charge on any atom is 0.282 e. The highest BCUT2D eigenvalue weighted by Crippen LogP contribution is 2.21. The molecule has 0 radical (unpaired) electrons. The van der Waals surface area contributed by atoms with Crippen molar-refractivity contribution in [2.75, 3.05) is 5.06 Å². The van der Waals surface area contributed by atoms with Crippen LogP contribution in [0.2, 0.25) is 0 Å². The number of nitrogens with zero attached hydrogens (tertiary/aromatic N) is 1. The monoisotopic (exact) mass is 324 g/mol. The standard InChI is InChI=1S/C18H13FN2O3/c19-15-2-1-3-16(10-15)21(24)18(23)14-7-5-11-8-13(17(20)22)6-4-12(11)9-14/h1-10,24H,(H2,20,22). The highest BCUT2D eigenvalue weighted by atomic mass is 19.1. The van der Waals surface area contributed by atoms with Crippen LogP contribution in [-0.2, 0) is 0 Å². The highest BCUT2D eigenvalue weighted by Gasteiger charge is 2.16. The van der Waals surface area contributed by atoms with Crippen LogP contribution in [0.5, 0.6) is 0 Å². The molecule has 0 aliphatic carbocycles. The summed E-state index contributed by atoms with van der Waals surface area (Å²) in [6.07, 6.45) is 0. The van der Waals surface area contributed by atoms with Crippen molar-refractivity contribution >= 4 is 28.3 Å². The van der Waals surface area contributed by atoms with E-state index in [0.29, 0.717) is 16.0 Å². The predicted molar refractivity (Wildman–Crippen MR) is 87.5 cm³/mol. The normalized spacial score (nSPS) is 10.6. The van der Waals surface area contributed by atoms with Crippen molar-refractivity contribution in [1.29, 1.82) is 0 Å². The highest BCUT2D eigenvalue weighted by molar-refractivity contribution is 6.07. The first-order valence-electron chi connectivity index (χ1n) is 7.08. The zero-order valence-electron chi connectivity index (χ0n) is 12.4. The second-order valence-corrected chi connectivity index (χ2v) is 5.24. The van der Waals surface area contributed by atoms with Crippen molar-refractivity contribution in [1.82, 2.24) is 0 Å². The second kappa shape index (κ2) is 6.10. The first-order chi connectivity index (χ1) is 11.5. The van der Waals surface area contributed by atoms with Gasteiger partial charge in [0.1, 0.15) is 5.82 Å². The van der Waals surface area contributed by atoms with Gasteiger partial charge in [0.2, 0.25) is 5.91 Å². The average molecular weight is 324 g/mol. The molecule has 0 bridgehead atoms. The van der Waals surface area contributed by atoms with E-state index in [1.165, 1.54) is 24.3 Å². The number of benzene rings is 3. The van der Waals surface area contributed by atoms with Crippen LogP contribution < -0.4 is 10.8 Å². The van der Waals surface area contributed by atoms with E-state index in [9.17, 15) is 19.2 Å². The van der Waals surface area contributed by atoms with Crippen LogP contribution >= 0.6 is 0 Å². The van der Waals surface area contributed by atoms with E-state index >= 15 is 0 Å². The Balaban J connectivity index is 1.95. The zero-order chi connectivity index (χ0) is 17.3. The minimum absolute atomic E-state index is 0.0316. The molecule has 0 spiro atoms. The molecule has 0 aliphatic heterocycles. The van der Waals surface area contributed by atoms with Gasteiger partial charge in [0.25, 0.3) is 5.91 Å². The predicted octanol–water partition coefficient (Wildman–Crippen LogP) is 3.11. The van der Waals surface area contributed by atoms with Crippen molar-refractivity contribution in [3.63, 3.8) is 0 Å². The van der Waals surface area contributed by atoms with Gasteiger partial charge in [0, 0.05) is 17.2 Å². The van der Waals surface area contributed by atoms with Gasteiger partial charge in [-0.25, -0.2) is 4.39 Å². The summed E-state index contributed by atoms with van der Waals surface area (Å²) in [6.45, 7) is 0. The molecule has 2 amide bonds. The molecule has 0 saturated heterocycles. The molecule has 120 valence electrons. The third-order valence-electron chi connectivity index (χ3n) is 3.62. The molecule has 0 atom stereocenters. The van der Waals surface area contributed by atoms with Crippen LogP contribution in [0.25, 0.3) is 10.8 Å². The molecule has 3 aromatic rings. The topological polar surface area (TPSA) is 83.6 Å². The molecular weight excluding hydrogens is 311 g/mol. The van der Waals surface area contributed by atoms with Crippen LogP contribution in [0, 0.1) is 5.82 Å². The van der Waals surface area contributed by atoms with Crippen molar-refractivity contribution < 1.29 is 19.2 Å². The Labute approximate surface area is 136 Å². The molecule has 6 heteroatoms. The van der Waals surface area contributed by atoms with Gasteiger partial charge in [-0.15, -0.1) is 0 Å². The fourth-order valence-corrected chi connectivity index (χ4v) is 2.38. The molecule has 3 rings (SSSR count). The number of fused-ring (bicyclic) bond motifs is 1. The van der Waals surface area contributed by atoms with Gasteiger partial charge < -0.3 is 5.73 Å². The minimum atomic E-state index is -0.693. The molecular formula is C18H13FN2O3. The molecule has 0 heterocycles. The van der Waals surface area contributed by atoms with Gasteiger partial charge >= 0.3 is 0 Å². The van der Waals surface area contributed by atoms with Gasteiger partial charge in [0.05, 0.1) is 5.69 Å². The fourth-order valence-electron chi connectivity index (χ4n) is 2.38. The van der Waals surface area contributed by atoms with Crippen LogP contribution in [0.1, 0.15) is 20.7 Å². The van der Waals surface area contributed by atoms with E-state index in [0.717, 1.165) is 11.5 Å². The van der Waals surface area contributed by atoms with Crippen molar-refractivity contribution in [2.24, 2.45) is 5.73 Å². The Bertz CT molecular complexity index is 956. The Morgan fingerprint density at radius 1 is 0.917 bits per heavy atom. The van der Waals surface area contributed by atoms with E-state index in [-0.39, 0.29) is 11.3 Å². The van der Waals surface area contributed by atoms with Gasteiger partial charge in [-0.3, -0.25) is 14.8 Å². The summed E-state index contributed by atoms with van der Waals surface area (Å²) in [7, 11) is 0. The maximum atomic E-state index is 13.2. The number of amides is 2. The third kappa shape index (κ3) is 2.95. The van der Waals surface area contributed by atoms with E-state index in [1.807, 2.05) is 0 Å². The molecule has 5 nitrogen and oxygen atoms in total. The first-order valence-corrected chi connectivity index (χ1v) is 7.08. The van der Waals surface area contributed by atoms with Gasteiger partial charge in [-0.05, 0) is 47.2 Å². The summed E-state index contributed by atoms with van der Waals surface area (Å²) in [6, 6.07) is 14.7. The number of hydrogen-bond acceptors (Lipinski definition) is 3. The molecule has 0 aromatic heterocycles. The lowest BCUT2D eigenvalue weighted by Gasteiger charge is -2.15. The molecule has 0 unspecified atom stereocenters. The average Bonchev–Trinajstić information content (AvgIpc) is 2.59. The lowest BCUT2D eigenvalue weighted by Crippen LogP contribution is -2.27. The number of hydrogen-bond donors (Lipinski definition) is 2. The molecule has 0 fully saturated rings. The van der Waals surface area contributed by atoms with Gasteiger partial charge in [-0.2, -0.15) is 5.06 Å². The number of primary amides is 1. The van der Waals surface area contributed by atoms with Crippen molar-refractivity contribution in [3.05, 3.63) is 77.6 Å². The number of nitrogens with two attached hydrogens (primary N) is 1. The van der Waals surface area contributed by atoms with Crippen LogP contribution in [0.3, 0.4) is 0 Å². The van der Waals surface area contributed by atoms with Crippen molar-refractivity contribution in [2.45, 2.75) is 0 Å².